The molecule has 5 nitrogen and oxygen atoms in total. The number of H-pyrrole nitrogens is 1. The molecule has 20 heavy (non-hydrogen) atoms. The van der Waals surface area contributed by atoms with E-state index in [-0.39, 0.29) is 16.8 Å². The smallest absolute Gasteiger partial charge is 0.417 e. The van der Waals surface area contributed by atoms with E-state index in [0.717, 1.165) is 24.8 Å². The predicted octanol–water partition coefficient (Wildman–Crippen LogP) is 2.11. The van der Waals surface area contributed by atoms with E-state index in [1.165, 1.54) is 5.56 Å². The van der Waals surface area contributed by atoms with E-state index in [4.69, 9.17) is 9.15 Å². The van der Waals surface area contributed by atoms with Crippen molar-refractivity contribution in [1.82, 2.24) is 4.98 Å². The predicted molar refractivity (Wildman–Crippen MR) is 71.4 cm³/mol. The number of rotatable bonds is 3. The highest BCUT2D eigenvalue weighted by Crippen LogP contribution is 2.74. The molecule has 1 aromatic carbocycles. The van der Waals surface area contributed by atoms with Gasteiger partial charge in [-0.3, -0.25) is 9.78 Å². The summed E-state index contributed by atoms with van der Waals surface area (Å²) in [6.07, 6.45) is 2.56. The second kappa shape index (κ2) is 3.53. The van der Waals surface area contributed by atoms with Crippen LogP contribution in [0, 0.1) is 5.41 Å². The molecule has 3 aliphatic carbocycles. The molecule has 1 heterocycles. The van der Waals surface area contributed by atoms with Crippen molar-refractivity contribution in [3.8, 4) is 0 Å². The third kappa shape index (κ3) is 1.32. The molecule has 0 radical (unpaired) electrons. The summed E-state index contributed by atoms with van der Waals surface area (Å²) in [6.45, 7) is 2.28. The Hall–Kier alpha value is -2.04. The molecule has 0 spiro atoms. The number of hydrogen-bond donors (Lipinski definition) is 1. The summed E-state index contributed by atoms with van der Waals surface area (Å²) in [6, 6.07) is 5.78. The zero-order valence-electron chi connectivity index (χ0n) is 11.2. The third-order valence-corrected chi connectivity index (χ3v) is 4.77. The monoisotopic (exact) mass is 273 g/mol. The highest BCUT2D eigenvalue weighted by atomic mass is 16.5. The summed E-state index contributed by atoms with van der Waals surface area (Å²) >= 11 is 0. The van der Waals surface area contributed by atoms with Crippen LogP contribution in [0.3, 0.4) is 0 Å². The van der Waals surface area contributed by atoms with E-state index in [1.54, 1.807) is 0 Å². The lowest BCUT2D eigenvalue weighted by Crippen LogP contribution is -2.68. The summed E-state index contributed by atoms with van der Waals surface area (Å²) in [5.41, 5.74) is 2.32. The van der Waals surface area contributed by atoms with Gasteiger partial charge < -0.3 is 9.15 Å². The van der Waals surface area contributed by atoms with Crippen LogP contribution in [0.4, 0.5) is 0 Å². The Balaban J connectivity index is 1.61. The Morgan fingerprint density at radius 1 is 1.40 bits per heavy atom. The maximum absolute atomic E-state index is 11.9. The zero-order chi connectivity index (χ0) is 14.0. The third-order valence-electron chi connectivity index (χ3n) is 4.77. The van der Waals surface area contributed by atoms with Crippen molar-refractivity contribution < 1.29 is 13.9 Å². The van der Waals surface area contributed by atoms with Crippen LogP contribution in [0.1, 0.15) is 31.7 Å². The van der Waals surface area contributed by atoms with E-state index in [2.05, 4.69) is 4.98 Å². The topological polar surface area (TPSA) is 72.3 Å². The van der Waals surface area contributed by atoms with Gasteiger partial charge in [0.1, 0.15) is 0 Å². The molecule has 3 saturated carbocycles. The first-order valence-electron chi connectivity index (χ1n) is 6.88. The molecule has 0 unspecified atom stereocenters. The normalized spacial score (nSPS) is 30.6. The van der Waals surface area contributed by atoms with Gasteiger partial charge in [0.2, 0.25) is 0 Å². The van der Waals surface area contributed by atoms with Crippen LogP contribution in [0.15, 0.2) is 27.4 Å². The highest BCUT2D eigenvalue weighted by molar-refractivity contribution is 5.83. The van der Waals surface area contributed by atoms with Gasteiger partial charge in [0, 0.05) is 0 Å². The lowest BCUT2D eigenvalue weighted by atomic mass is 9.33. The van der Waals surface area contributed by atoms with E-state index in [9.17, 15) is 9.59 Å². The highest BCUT2D eigenvalue weighted by Gasteiger charge is 2.72. The summed E-state index contributed by atoms with van der Waals surface area (Å²) in [4.78, 5) is 25.7. The number of aromatic amines is 1. The second-order valence-electron chi connectivity index (χ2n) is 6.04. The van der Waals surface area contributed by atoms with Crippen LogP contribution in [0.2, 0.25) is 0 Å². The Bertz CT molecular complexity index is 750. The SMILES string of the molecule is CCOC(=O)C12CC(c3ccc4oc(=O)[nH]c4c3)(C1)C2. The number of carbonyl (C=O) groups excluding carboxylic acids is 1. The number of carbonyl (C=O) groups is 1. The molecule has 3 fully saturated rings. The average Bonchev–Trinajstić information content (AvgIpc) is 2.65. The first kappa shape index (κ1) is 11.8. The summed E-state index contributed by atoms with van der Waals surface area (Å²) in [5, 5.41) is 0. The molecule has 0 saturated heterocycles. The van der Waals surface area contributed by atoms with Crippen molar-refractivity contribution in [2.75, 3.05) is 6.61 Å². The van der Waals surface area contributed by atoms with E-state index < -0.39 is 5.76 Å². The van der Waals surface area contributed by atoms with Gasteiger partial charge in [0.15, 0.2) is 5.58 Å². The van der Waals surface area contributed by atoms with Crippen LogP contribution < -0.4 is 5.76 Å². The van der Waals surface area contributed by atoms with Gasteiger partial charge in [0.05, 0.1) is 17.5 Å². The largest absolute Gasteiger partial charge is 0.466 e. The molecule has 104 valence electrons. The van der Waals surface area contributed by atoms with Crippen LogP contribution >= 0.6 is 0 Å². The minimum Gasteiger partial charge on any atom is -0.466 e. The lowest BCUT2D eigenvalue weighted by Gasteiger charge is -2.69. The number of ether oxygens (including phenoxy) is 1. The molecule has 5 heteroatoms. The minimum atomic E-state index is -0.433. The standard InChI is InChI=1S/C15H15NO4/c1-2-19-12(17)15-6-14(7-15,8-15)9-3-4-11-10(5-9)16-13(18)20-11/h3-5H,2,6-8H2,1H3,(H,16,18). The summed E-state index contributed by atoms with van der Waals surface area (Å²) < 4.78 is 10.1. The molecule has 0 atom stereocenters. The number of benzene rings is 1. The van der Waals surface area contributed by atoms with E-state index in [0.29, 0.717) is 12.2 Å². The summed E-state index contributed by atoms with van der Waals surface area (Å²) in [5.74, 6) is -0.489. The van der Waals surface area contributed by atoms with Gasteiger partial charge in [-0.05, 0) is 49.3 Å². The van der Waals surface area contributed by atoms with Crippen LogP contribution in [0.25, 0.3) is 11.1 Å². The van der Waals surface area contributed by atoms with Gasteiger partial charge in [-0.25, -0.2) is 4.79 Å². The average molecular weight is 273 g/mol. The van der Waals surface area contributed by atoms with Gasteiger partial charge in [-0.15, -0.1) is 0 Å². The molecule has 1 N–H and O–H groups in total. The molecule has 0 aliphatic heterocycles. The number of nitrogens with one attached hydrogen (secondary N) is 1. The van der Waals surface area contributed by atoms with Crippen LogP contribution in [-0.2, 0) is 14.9 Å². The Labute approximate surface area is 114 Å². The first-order chi connectivity index (χ1) is 9.57. The van der Waals surface area contributed by atoms with Crippen molar-refractivity contribution in [1.29, 1.82) is 0 Å². The zero-order valence-corrected chi connectivity index (χ0v) is 11.2. The number of hydrogen-bond acceptors (Lipinski definition) is 4. The first-order valence-corrected chi connectivity index (χ1v) is 6.88. The molecule has 3 aliphatic rings. The van der Waals surface area contributed by atoms with Crippen molar-refractivity contribution in [2.24, 2.45) is 5.41 Å². The van der Waals surface area contributed by atoms with E-state index in [1.807, 2.05) is 25.1 Å². The van der Waals surface area contributed by atoms with Gasteiger partial charge >= 0.3 is 11.7 Å². The fourth-order valence-corrected chi connectivity index (χ4v) is 3.88. The second-order valence-corrected chi connectivity index (χ2v) is 6.04. The number of aromatic nitrogens is 1. The summed E-state index contributed by atoms with van der Waals surface area (Å²) in [7, 11) is 0. The number of esters is 1. The Morgan fingerprint density at radius 3 is 2.85 bits per heavy atom. The van der Waals surface area contributed by atoms with Crippen LogP contribution in [-0.4, -0.2) is 17.6 Å². The molecule has 1 aromatic heterocycles. The van der Waals surface area contributed by atoms with Crippen molar-refractivity contribution >= 4 is 17.1 Å². The van der Waals surface area contributed by atoms with Gasteiger partial charge in [-0.2, -0.15) is 0 Å². The molecule has 5 rings (SSSR count). The Morgan fingerprint density at radius 2 is 2.15 bits per heavy atom. The molecule has 0 amide bonds. The maximum Gasteiger partial charge on any atom is 0.417 e. The van der Waals surface area contributed by atoms with Crippen molar-refractivity contribution in [3.05, 3.63) is 34.3 Å². The maximum atomic E-state index is 11.9. The Kier molecular flexibility index (Phi) is 2.08. The van der Waals surface area contributed by atoms with Gasteiger partial charge in [-0.1, -0.05) is 6.07 Å². The number of fused-ring (bicyclic) bond motifs is 1. The fourth-order valence-electron chi connectivity index (χ4n) is 3.88. The molecule has 2 bridgehead atoms. The minimum absolute atomic E-state index is 0.0559. The number of oxazole rings is 1. The quantitative estimate of drug-likeness (QED) is 0.869. The molecular weight excluding hydrogens is 258 g/mol. The van der Waals surface area contributed by atoms with E-state index >= 15 is 0 Å². The molecular formula is C15H15NO4. The molecule has 2 aromatic rings. The van der Waals surface area contributed by atoms with Gasteiger partial charge in [0.25, 0.3) is 0 Å². The van der Waals surface area contributed by atoms with Crippen LogP contribution in [0.5, 0.6) is 0 Å². The lowest BCUT2D eigenvalue weighted by molar-refractivity contribution is -0.200. The fraction of sp³-hybridized carbons (Fsp3) is 0.467. The van der Waals surface area contributed by atoms with Crippen molar-refractivity contribution in [3.63, 3.8) is 0 Å². The van der Waals surface area contributed by atoms with Crippen molar-refractivity contribution in [2.45, 2.75) is 31.6 Å².